The summed E-state index contributed by atoms with van der Waals surface area (Å²) < 4.78 is 0.728. The summed E-state index contributed by atoms with van der Waals surface area (Å²) in [5.41, 5.74) is 0.805. The van der Waals surface area contributed by atoms with Crippen LogP contribution >= 0.6 is 15.9 Å². The van der Waals surface area contributed by atoms with E-state index in [-0.39, 0.29) is 5.70 Å². The number of nitrogens with zero attached hydrogens (tertiary/aromatic N) is 3. The molecule has 13 heavy (non-hydrogen) atoms. The van der Waals surface area contributed by atoms with Gasteiger partial charge in [-0.05, 0) is 33.6 Å². The van der Waals surface area contributed by atoms with Gasteiger partial charge in [-0.25, -0.2) is 15.1 Å². The third-order valence-corrected chi connectivity index (χ3v) is 1.76. The highest BCUT2D eigenvalue weighted by molar-refractivity contribution is 9.10. The van der Waals surface area contributed by atoms with Crippen molar-refractivity contribution in [3.05, 3.63) is 45.6 Å². The van der Waals surface area contributed by atoms with Crippen molar-refractivity contribution in [3.63, 3.8) is 0 Å². The lowest BCUT2D eigenvalue weighted by molar-refractivity contribution is 1.27. The van der Waals surface area contributed by atoms with Gasteiger partial charge in [0, 0.05) is 6.20 Å². The molecule has 0 aliphatic heterocycles. The van der Waals surface area contributed by atoms with Crippen LogP contribution in [-0.2, 0) is 0 Å². The van der Waals surface area contributed by atoms with Crippen molar-refractivity contribution in [2.24, 2.45) is 0 Å². The lowest BCUT2D eigenvalue weighted by Crippen LogP contribution is -1.78. The molecule has 0 radical (unpaired) electrons. The first kappa shape index (κ1) is 9.44. The van der Waals surface area contributed by atoms with Crippen LogP contribution in [0.3, 0.4) is 0 Å². The molecule has 1 aromatic rings. The molecule has 0 unspecified atom stereocenters. The molecular formula is C9H4BrN3. The van der Waals surface area contributed by atoms with E-state index in [0.29, 0.717) is 0 Å². The van der Waals surface area contributed by atoms with E-state index >= 15 is 0 Å². The van der Waals surface area contributed by atoms with Gasteiger partial charge in [0.25, 0.3) is 5.70 Å². The number of hydrogen-bond acceptors (Lipinski definition) is 2. The summed E-state index contributed by atoms with van der Waals surface area (Å²) in [7, 11) is 0. The van der Waals surface area contributed by atoms with Gasteiger partial charge in [-0.2, -0.15) is 0 Å². The molecule has 0 amide bonds. The Hall–Kier alpha value is -1.65. The van der Waals surface area contributed by atoms with E-state index in [1.807, 2.05) is 0 Å². The fourth-order valence-electron chi connectivity index (χ4n) is 0.720. The van der Waals surface area contributed by atoms with E-state index in [1.165, 1.54) is 6.08 Å². The summed E-state index contributed by atoms with van der Waals surface area (Å²) in [5, 5.41) is 8.48. The first-order valence-corrected chi connectivity index (χ1v) is 4.16. The minimum atomic E-state index is 0.0594. The van der Waals surface area contributed by atoms with Gasteiger partial charge in [0.2, 0.25) is 0 Å². The van der Waals surface area contributed by atoms with E-state index in [9.17, 15) is 0 Å². The molecule has 0 N–H and O–H groups in total. The number of rotatable bonds is 1. The van der Waals surface area contributed by atoms with Crippen LogP contribution in [0.2, 0.25) is 0 Å². The highest BCUT2D eigenvalue weighted by Crippen LogP contribution is 2.09. The predicted molar refractivity (Wildman–Crippen MR) is 52.1 cm³/mol. The highest BCUT2D eigenvalue weighted by atomic mass is 79.9. The number of allylic oxidation sites excluding steroid dienone is 1. The van der Waals surface area contributed by atoms with Crippen LogP contribution < -0.4 is 0 Å². The van der Waals surface area contributed by atoms with Gasteiger partial charge in [0.1, 0.15) is 4.60 Å². The average Bonchev–Trinajstić information content (AvgIpc) is 2.17. The summed E-state index contributed by atoms with van der Waals surface area (Å²) in [6.45, 7) is 6.66. The van der Waals surface area contributed by atoms with Crippen molar-refractivity contribution in [1.82, 2.24) is 4.98 Å². The summed E-state index contributed by atoms with van der Waals surface area (Å²) in [6, 6.07) is 5.31. The monoisotopic (exact) mass is 233 g/mol. The molecule has 0 aromatic carbocycles. The number of halogens is 1. The van der Waals surface area contributed by atoms with Crippen molar-refractivity contribution in [2.75, 3.05) is 0 Å². The minimum absolute atomic E-state index is 0.0594. The number of pyridine rings is 1. The number of nitriles is 1. The normalized spacial score (nSPS) is 10.2. The first-order chi connectivity index (χ1) is 6.26. The maximum atomic E-state index is 8.48. The Labute approximate surface area is 84.3 Å². The maximum Gasteiger partial charge on any atom is 0.262 e. The summed E-state index contributed by atoms with van der Waals surface area (Å²) in [6.07, 6.45) is 3.08. The standard InChI is InChI=1S/C9H4BrN3/c1-12-8(5-11)4-7-2-3-9(10)13-6-7/h2-4,6H/b8-4-. The molecule has 1 rings (SSSR count). The molecule has 62 valence electrons. The van der Waals surface area contributed by atoms with Crippen LogP contribution in [0.1, 0.15) is 5.56 Å². The molecule has 4 heteroatoms. The predicted octanol–water partition coefficient (Wildman–Crippen LogP) is 2.63. The van der Waals surface area contributed by atoms with Crippen LogP contribution in [0, 0.1) is 17.9 Å². The second-order valence-electron chi connectivity index (χ2n) is 2.17. The Balaban J connectivity index is 3.00. The lowest BCUT2D eigenvalue weighted by atomic mass is 10.2. The second-order valence-corrected chi connectivity index (χ2v) is 2.98. The molecule has 3 nitrogen and oxygen atoms in total. The zero-order valence-corrected chi connectivity index (χ0v) is 8.12. The van der Waals surface area contributed by atoms with Crippen LogP contribution in [0.25, 0.3) is 10.9 Å². The van der Waals surface area contributed by atoms with Crippen LogP contribution in [0.4, 0.5) is 0 Å². The van der Waals surface area contributed by atoms with Crippen molar-refractivity contribution >= 4 is 22.0 Å². The lowest BCUT2D eigenvalue weighted by Gasteiger charge is -1.91. The zero-order chi connectivity index (χ0) is 9.68. The second kappa shape index (κ2) is 4.39. The molecule has 0 atom stereocenters. The Morgan fingerprint density at radius 3 is 2.92 bits per heavy atom. The van der Waals surface area contributed by atoms with Gasteiger partial charge in [-0.3, -0.25) is 0 Å². The van der Waals surface area contributed by atoms with Crippen molar-refractivity contribution < 1.29 is 0 Å². The van der Waals surface area contributed by atoms with Crippen LogP contribution in [0.5, 0.6) is 0 Å². The Morgan fingerprint density at radius 1 is 1.69 bits per heavy atom. The summed E-state index contributed by atoms with van der Waals surface area (Å²) >= 11 is 3.19. The first-order valence-electron chi connectivity index (χ1n) is 3.37. The number of hydrogen-bond donors (Lipinski definition) is 0. The van der Waals surface area contributed by atoms with E-state index in [0.717, 1.165) is 10.2 Å². The summed E-state index contributed by atoms with van der Waals surface area (Å²) in [4.78, 5) is 7.00. The molecule has 1 aromatic heterocycles. The molecule has 0 fully saturated rings. The Bertz CT molecular complexity index is 390. The quantitative estimate of drug-likeness (QED) is 0.425. The number of aromatic nitrogens is 1. The van der Waals surface area contributed by atoms with Gasteiger partial charge < -0.3 is 0 Å². The Morgan fingerprint density at radius 2 is 2.46 bits per heavy atom. The van der Waals surface area contributed by atoms with Crippen molar-refractivity contribution in [2.45, 2.75) is 0 Å². The molecule has 1 heterocycles. The average molecular weight is 234 g/mol. The topological polar surface area (TPSA) is 41.0 Å². The fourth-order valence-corrected chi connectivity index (χ4v) is 0.955. The van der Waals surface area contributed by atoms with E-state index in [2.05, 4.69) is 25.8 Å². The van der Waals surface area contributed by atoms with Gasteiger partial charge in [0.15, 0.2) is 0 Å². The van der Waals surface area contributed by atoms with E-state index in [4.69, 9.17) is 11.8 Å². The van der Waals surface area contributed by atoms with Gasteiger partial charge >= 0.3 is 0 Å². The minimum Gasteiger partial charge on any atom is -0.249 e. The molecular weight excluding hydrogens is 230 g/mol. The molecule has 0 saturated carbocycles. The fraction of sp³-hybridized carbons (Fsp3) is 0. The molecule has 0 saturated heterocycles. The SMILES string of the molecule is [C-]#[N+]/C(C#N)=C\c1ccc(Br)nc1. The maximum absolute atomic E-state index is 8.48. The van der Waals surface area contributed by atoms with E-state index < -0.39 is 0 Å². The smallest absolute Gasteiger partial charge is 0.249 e. The molecule has 0 bridgehead atoms. The van der Waals surface area contributed by atoms with Gasteiger partial charge in [-0.1, -0.05) is 6.07 Å². The summed E-state index contributed by atoms with van der Waals surface area (Å²) in [5.74, 6) is 0. The van der Waals surface area contributed by atoms with E-state index in [1.54, 1.807) is 24.4 Å². The molecule has 0 aliphatic carbocycles. The molecule has 0 spiro atoms. The molecule has 0 aliphatic rings. The third kappa shape index (κ3) is 2.70. The van der Waals surface area contributed by atoms with Crippen LogP contribution in [-0.4, -0.2) is 4.98 Å². The third-order valence-electron chi connectivity index (χ3n) is 1.29. The zero-order valence-electron chi connectivity index (χ0n) is 6.53. The largest absolute Gasteiger partial charge is 0.262 e. The van der Waals surface area contributed by atoms with Gasteiger partial charge in [-0.15, -0.1) is 0 Å². The Kier molecular flexibility index (Phi) is 3.19. The highest BCUT2D eigenvalue weighted by Gasteiger charge is 1.94. The van der Waals surface area contributed by atoms with Gasteiger partial charge in [0.05, 0.1) is 12.6 Å². The van der Waals surface area contributed by atoms with Crippen molar-refractivity contribution in [3.8, 4) is 6.07 Å². The van der Waals surface area contributed by atoms with Crippen LogP contribution in [0.15, 0.2) is 28.6 Å². The van der Waals surface area contributed by atoms with Crippen molar-refractivity contribution in [1.29, 1.82) is 5.26 Å².